The molecule has 20 heavy (non-hydrogen) atoms. The number of hydrogen-bond acceptors (Lipinski definition) is 1. The minimum Gasteiger partial charge on any atom is -0.611 e. The summed E-state index contributed by atoms with van der Waals surface area (Å²) in [6.07, 6.45) is 4.20. The average Bonchev–Trinajstić information content (AvgIpc) is 2.47. The summed E-state index contributed by atoms with van der Waals surface area (Å²) in [7, 11) is 0. The van der Waals surface area contributed by atoms with E-state index in [9.17, 15) is 4.55 Å². The third-order valence-electron chi connectivity index (χ3n) is 3.66. The van der Waals surface area contributed by atoms with Crippen molar-refractivity contribution in [2.45, 2.75) is 25.5 Å². The van der Waals surface area contributed by atoms with E-state index in [-0.39, 0.29) is 0 Å². The molecule has 0 aliphatic heterocycles. The molecule has 1 nitrogen and oxygen atoms in total. The van der Waals surface area contributed by atoms with Gasteiger partial charge >= 0.3 is 0 Å². The van der Waals surface area contributed by atoms with Crippen molar-refractivity contribution in [2.75, 3.05) is 0 Å². The predicted octanol–water partition coefficient (Wildman–Crippen LogP) is 4.23. The van der Waals surface area contributed by atoms with E-state index >= 15 is 0 Å². The molecule has 2 heteroatoms. The van der Waals surface area contributed by atoms with Crippen molar-refractivity contribution < 1.29 is 4.55 Å². The van der Waals surface area contributed by atoms with Gasteiger partial charge in [0.15, 0.2) is 4.91 Å². The zero-order chi connectivity index (χ0) is 13.9. The summed E-state index contributed by atoms with van der Waals surface area (Å²) in [5.41, 5.74) is 4.92. The monoisotopic (exact) mass is 282 g/mol. The summed E-state index contributed by atoms with van der Waals surface area (Å²) in [4.78, 5) is 1.01. The van der Waals surface area contributed by atoms with Crippen LogP contribution in [0.25, 0.3) is 4.91 Å². The Kier molecular flexibility index (Phi) is 3.95. The number of benzene rings is 2. The van der Waals surface area contributed by atoms with E-state index in [0.717, 1.165) is 23.3 Å². The van der Waals surface area contributed by atoms with Crippen molar-refractivity contribution in [3.63, 3.8) is 0 Å². The van der Waals surface area contributed by atoms with Gasteiger partial charge < -0.3 is 4.55 Å². The minimum absolute atomic E-state index is 0.597. The van der Waals surface area contributed by atoms with Crippen molar-refractivity contribution >= 4 is 16.1 Å². The quantitative estimate of drug-likeness (QED) is 0.773. The SMILES string of the molecule is Cc1ccc2c(c1)CCC=C2[S+]([O-])Cc1ccccc1. The molecule has 0 heterocycles. The minimum atomic E-state index is -0.964. The highest BCUT2D eigenvalue weighted by Gasteiger charge is 2.23. The van der Waals surface area contributed by atoms with Crippen LogP contribution in [0.1, 0.15) is 28.7 Å². The molecule has 1 unspecified atom stereocenters. The lowest BCUT2D eigenvalue weighted by Crippen LogP contribution is -2.11. The van der Waals surface area contributed by atoms with Gasteiger partial charge in [-0.15, -0.1) is 0 Å². The zero-order valence-electron chi connectivity index (χ0n) is 11.6. The molecule has 0 radical (unpaired) electrons. The van der Waals surface area contributed by atoms with Crippen molar-refractivity contribution in [1.82, 2.24) is 0 Å². The van der Waals surface area contributed by atoms with Crippen molar-refractivity contribution in [2.24, 2.45) is 0 Å². The Morgan fingerprint density at radius 2 is 1.90 bits per heavy atom. The van der Waals surface area contributed by atoms with E-state index < -0.39 is 11.2 Å². The summed E-state index contributed by atoms with van der Waals surface area (Å²) in [6.45, 7) is 2.11. The number of rotatable bonds is 3. The van der Waals surface area contributed by atoms with Crippen LogP contribution in [0, 0.1) is 6.92 Å². The fraction of sp³-hybridized carbons (Fsp3) is 0.222. The van der Waals surface area contributed by atoms with Crippen molar-refractivity contribution in [3.8, 4) is 0 Å². The third kappa shape index (κ3) is 2.82. The summed E-state index contributed by atoms with van der Waals surface area (Å²) < 4.78 is 12.7. The van der Waals surface area contributed by atoms with Gasteiger partial charge in [0.25, 0.3) is 0 Å². The number of allylic oxidation sites excluding steroid dienone is 1. The number of aryl methyl sites for hydroxylation is 2. The predicted molar refractivity (Wildman–Crippen MR) is 85.8 cm³/mol. The third-order valence-corrected chi connectivity index (χ3v) is 5.13. The Balaban J connectivity index is 1.86. The first-order valence-electron chi connectivity index (χ1n) is 6.96. The lowest BCUT2D eigenvalue weighted by atomic mass is 9.95. The van der Waals surface area contributed by atoms with E-state index in [1.54, 1.807) is 0 Å². The Hall–Kier alpha value is -1.51. The van der Waals surface area contributed by atoms with Crippen LogP contribution in [0.5, 0.6) is 0 Å². The summed E-state index contributed by atoms with van der Waals surface area (Å²) in [6, 6.07) is 16.5. The molecule has 1 aliphatic carbocycles. The van der Waals surface area contributed by atoms with Gasteiger partial charge in [-0.3, -0.25) is 0 Å². The fourth-order valence-electron chi connectivity index (χ4n) is 2.66. The Labute approximate surface area is 123 Å². The molecule has 1 atom stereocenters. The molecular weight excluding hydrogens is 264 g/mol. The first-order valence-corrected chi connectivity index (χ1v) is 8.28. The standard InChI is InChI=1S/C18H18OS/c1-14-10-11-17-16(12-14)8-5-9-18(17)20(19)13-15-6-3-2-4-7-15/h2-4,6-7,9-12H,5,8,13H2,1H3. The highest BCUT2D eigenvalue weighted by molar-refractivity contribution is 7.99. The molecule has 0 spiro atoms. The fourth-order valence-corrected chi connectivity index (χ4v) is 4.06. The molecule has 102 valence electrons. The maximum atomic E-state index is 12.7. The molecule has 0 fully saturated rings. The maximum Gasteiger partial charge on any atom is 0.156 e. The molecule has 0 bridgehead atoms. The molecule has 0 amide bonds. The summed E-state index contributed by atoms with van der Waals surface area (Å²) in [5, 5.41) is 0. The number of hydrogen-bond donors (Lipinski definition) is 0. The van der Waals surface area contributed by atoms with Gasteiger partial charge in [-0.1, -0.05) is 48.0 Å². The smallest absolute Gasteiger partial charge is 0.156 e. The molecule has 0 aromatic heterocycles. The van der Waals surface area contributed by atoms with E-state index in [2.05, 4.69) is 31.2 Å². The Morgan fingerprint density at radius 1 is 1.10 bits per heavy atom. The number of fused-ring (bicyclic) bond motifs is 1. The lowest BCUT2D eigenvalue weighted by Gasteiger charge is -2.20. The van der Waals surface area contributed by atoms with Gasteiger partial charge in [0, 0.05) is 11.1 Å². The summed E-state index contributed by atoms with van der Waals surface area (Å²) in [5.74, 6) is 0.597. The van der Waals surface area contributed by atoms with Gasteiger partial charge in [-0.25, -0.2) is 0 Å². The second kappa shape index (κ2) is 5.86. The van der Waals surface area contributed by atoms with E-state index in [0.29, 0.717) is 5.75 Å². The molecule has 0 N–H and O–H groups in total. The van der Waals surface area contributed by atoms with Gasteiger partial charge in [0.1, 0.15) is 5.75 Å². The molecule has 3 rings (SSSR count). The van der Waals surface area contributed by atoms with Crippen LogP contribution in [0.15, 0.2) is 54.6 Å². The van der Waals surface area contributed by atoms with Crippen LogP contribution >= 0.6 is 0 Å². The van der Waals surface area contributed by atoms with Crippen LogP contribution in [0.4, 0.5) is 0 Å². The van der Waals surface area contributed by atoms with Crippen LogP contribution < -0.4 is 0 Å². The molecule has 2 aromatic carbocycles. The first-order chi connectivity index (χ1) is 9.74. The van der Waals surface area contributed by atoms with Gasteiger partial charge in [-0.2, -0.15) is 0 Å². The van der Waals surface area contributed by atoms with Crippen LogP contribution in [-0.2, 0) is 23.3 Å². The van der Waals surface area contributed by atoms with Crippen molar-refractivity contribution in [3.05, 3.63) is 76.9 Å². The van der Waals surface area contributed by atoms with Gasteiger partial charge in [0.05, 0.1) is 0 Å². The van der Waals surface area contributed by atoms with E-state index in [4.69, 9.17) is 0 Å². The largest absolute Gasteiger partial charge is 0.611 e. The van der Waals surface area contributed by atoms with E-state index in [1.807, 2.05) is 30.3 Å². The molecule has 1 aliphatic rings. The van der Waals surface area contributed by atoms with Gasteiger partial charge in [0.2, 0.25) is 0 Å². The van der Waals surface area contributed by atoms with Crippen LogP contribution in [-0.4, -0.2) is 4.55 Å². The topological polar surface area (TPSA) is 23.1 Å². The van der Waals surface area contributed by atoms with Crippen LogP contribution in [0.3, 0.4) is 0 Å². The molecule has 0 saturated heterocycles. The highest BCUT2D eigenvalue weighted by Crippen LogP contribution is 2.32. The molecule has 0 saturated carbocycles. The Morgan fingerprint density at radius 3 is 2.70 bits per heavy atom. The highest BCUT2D eigenvalue weighted by atomic mass is 32.2. The summed E-state index contributed by atoms with van der Waals surface area (Å²) >= 11 is -0.964. The van der Waals surface area contributed by atoms with E-state index in [1.165, 1.54) is 16.7 Å². The average molecular weight is 282 g/mol. The molecule has 2 aromatic rings. The zero-order valence-corrected chi connectivity index (χ0v) is 12.5. The normalized spacial score (nSPS) is 15.4. The van der Waals surface area contributed by atoms with Gasteiger partial charge in [-0.05, 0) is 48.6 Å². The first kappa shape index (κ1) is 13.5. The second-order valence-corrected chi connectivity index (χ2v) is 6.66. The van der Waals surface area contributed by atoms with Crippen molar-refractivity contribution in [1.29, 1.82) is 0 Å². The maximum absolute atomic E-state index is 12.7. The lowest BCUT2D eigenvalue weighted by molar-refractivity contribution is 0.603. The van der Waals surface area contributed by atoms with Crippen LogP contribution in [0.2, 0.25) is 0 Å². The molecular formula is C18H18OS. The Bertz CT molecular complexity index is 631. The second-order valence-electron chi connectivity index (χ2n) is 5.24.